The molecule has 0 saturated carbocycles. The van der Waals surface area contributed by atoms with E-state index in [1.165, 1.54) is 0 Å². The third-order valence-corrected chi connectivity index (χ3v) is 3.80. The van der Waals surface area contributed by atoms with Gasteiger partial charge in [-0.2, -0.15) is 0 Å². The van der Waals surface area contributed by atoms with E-state index in [4.69, 9.17) is 0 Å². The van der Waals surface area contributed by atoms with E-state index in [0.717, 1.165) is 29.7 Å². The molecule has 4 nitrogen and oxygen atoms in total. The van der Waals surface area contributed by atoms with Crippen LogP contribution in [0.5, 0.6) is 0 Å². The molecule has 22 heavy (non-hydrogen) atoms. The first-order valence-corrected chi connectivity index (χ1v) is 7.99. The second-order valence-corrected chi connectivity index (χ2v) is 6.33. The number of aryl methyl sites for hydroxylation is 2. The summed E-state index contributed by atoms with van der Waals surface area (Å²) in [5, 5.41) is 2.84. The zero-order valence-electron chi connectivity index (χ0n) is 14.6. The Morgan fingerprint density at radius 3 is 1.91 bits per heavy atom. The van der Waals surface area contributed by atoms with Crippen LogP contribution < -0.4 is 5.32 Å². The van der Waals surface area contributed by atoms with Gasteiger partial charge in [0.2, 0.25) is 0 Å². The molecule has 0 fully saturated rings. The van der Waals surface area contributed by atoms with Crippen LogP contribution in [0.15, 0.2) is 18.2 Å². The lowest BCUT2D eigenvalue weighted by Gasteiger charge is -2.34. The van der Waals surface area contributed by atoms with Crippen molar-refractivity contribution in [3.63, 3.8) is 0 Å². The SMILES string of the molecule is CCc1cccc(CC)c1NC(=O)C(=O)N(CC)C(C)(C)C. The van der Waals surface area contributed by atoms with Gasteiger partial charge >= 0.3 is 11.8 Å². The number of hydrogen-bond acceptors (Lipinski definition) is 2. The van der Waals surface area contributed by atoms with Gasteiger partial charge in [-0.05, 0) is 51.7 Å². The van der Waals surface area contributed by atoms with E-state index in [1.54, 1.807) is 4.90 Å². The average Bonchev–Trinajstić information content (AvgIpc) is 2.46. The van der Waals surface area contributed by atoms with E-state index in [-0.39, 0.29) is 5.54 Å². The first-order valence-electron chi connectivity index (χ1n) is 7.99. The summed E-state index contributed by atoms with van der Waals surface area (Å²) in [5.41, 5.74) is 2.52. The Labute approximate surface area is 133 Å². The molecule has 0 bridgehead atoms. The molecule has 0 aliphatic heterocycles. The zero-order chi connectivity index (χ0) is 16.9. The fraction of sp³-hybridized carbons (Fsp3) is 0.556. The molecule has 0 unspecified atom stereocenters. The van der Waals surface area contributed by atoms with Crippen LogP contribution in [0.3, 0.4) is 0 Å². The predicted octanol–water partition coefficient (Wildman–Crippen LogP) is 3.40. The molecule has 0 atom stereocenters. The van der Waals surface area contributed by atoms with Crippen molar-refractivity contribution in [2.75, 3.05) is 11.9 Å². The number of carbonyl (C=O) groups is 2. The molecule has 1 aromatic rings. The number of para-hydroxylation sites is 1. The topological polar surface area (TPSA) is 49.4 Å². The van der Waals surface area contributed by atoms with E-state index in [1.807, 2.05) is 59.7 Å². The standard InChI is InChI=1S/C18H28N2O2/c1-7-13-11-10-12-14(8-2)15(13)19-16(21)17(22)20(9-3)18(4,5)6/h10-12H,7-9H2,1-6H3,(H,19,21). The molecule has 1 N–H and O–H groups in total. The summed E-state index contributed by atoms with van der Waals surface area (Å²) in [6.07, 6.45) is 1.63. The number of anilines is 1. The molecule has 0 aliphatic rings. The third-order valence-electron chi connectivity index (χ3n) is 3.80. The van der Waals surface area contributed by atoms with Crippen LogP contribution in [-0.4, -0.2) is 28.8 Å². The molecule has 1 rings (SSSR count). The summed E-state index contributed by atoms with van der Waals surface area (Å²) >= 11 is 0. The number of hydrogen-bond donors (Lipinski definition) is 1. The van der Waals surface area contributed by atoms with Crippen LogP contribution >= 0.6 is 0 Å². The highest BCUT2D eigenvalue weighted by Gasteiger charge is 2.30. The highest BCUT2D eigenvalue weighted by atomic mass is 16.2. The number of carbonyl (C=O) groups excluding carboxylic acids is 2. The average molecular weight is 304 g/mol. The van der Waals surface area contributed by atoms with Crippen LogP contribution in [0.2, 0.25) is 0 Å². The van der Waals surface area contributed by atoms with Crippen LogP contribution in [0.25, 0.3) is 0 Å². The maximum Gasteiger partial charge on any atom is 0.313 e. The summed E-state index contributed by atoms with van der Waals surface area (Å²) < 4.78 is 0. The second-order valence-electron chi connectivity index (χ2n) is 6.33. The van der Waals surface area contributed by atoms with Gasteiger partial charge in [0.1, 0.15) is 0 Å². The molecule has 2 amide bonds. The smallest absolute Gasteiger partial charge is 0.313 e. The number of nitrogens with zero attached hydrogens (tertiary/aromatic N) is 1. The van der Waals surface area contributed by atoms with E-state index in [0.29, 0.717) is 6.54 Å². The van der Waals surface area contributed by atoms with Crippen LogP contribution in [0.4, 0.5) is 5.69 Å². The first kappa shape index (κ1) is 18.2. The van der Waals surface area contributed by atoms with Gasteiger partial charge in [0, 0.05) is 17.8 Å². The molecule has 0 aromatic heterocycles. The van der Waals surface area contributed by atoms with Gasteiger partial charge in [0.05, 0.1) is 0 Å². The summed E-state index contributed by atoms with van der Waals surface area (Å²) in [7, 11) is 0. The summed E-state index contributed by atoms with van der Waals surface area (Å²) in [4.78, 5) is 26.4. The molecular weight excluding hydrogens is 276 g/mol. The normalized spacial score (nSPS) is 11.2. The van der Waals surface area contributed by atoms with E-state index in [2.05, 4.69) is 5.32 Å². The minimum absolute atomic E-state index is 0.374. The maximum atomic E-state index is 12.4. The number of likely N-dealkylation sites (N-methyl/N-ethyl adjacent to an activating group) is 1. The number of nitrogens with one attached hydrogen (secondary N) is 1. The molecule has 4 heteroatoms. The Morgan fingerprint density at radius 2 is 1.55 bits per heavy atom. The summed E-state index contributed by atoms with van der Waals surface area (Å²) in [6, 6.07) is 5.96. The summed E-state index contributed by atoms with van der Waals surface area (Å²) in [6.45, 7) is 12.3. The number of rotatable bonds is 4. The van der Waals surface area contributed by atoms with Gasteiger partial charge in [-0.25, -0.2) is 0 Å². The Hall–Kier alpha value is -1.84. The van der Waals surface area contributed by atoms with Crippen molar-refractivity contribution in [1.29, 1.82) is 0 Å². The Morgan fingerprint density at radius 1 is 1.05 bits per heavy atom. The summed E-state index contributed by atoms with van der Waals surface area (Å²) in [5.74, 6) is -1.05. The van der Waals surface area contributed by atoms with Crippen molar-refractivity contribution in [3.05, 3.63) is 29.3 Å². The molecule has 0 radical (unpaired) electrons. The Bertz CT molecular complexity index is 522. The molecular formula is C18H28N2O2. The lowest BCUT2D eigenvalue weighted by Crippen LogP contribution is -2.50. The minimum Gasteiger partial charge on any atom is -0.330 e. The fourth-order valence-electron chi connectivity index (χ4n) is 2.62. The Kier molecular flexibility index (Phi) is 6.15. The molecule has 122 valence electrons. The maximum absolute atomic E-state index is 12.4. The minimum atomic E-state index is -0.563. The van der Waals surface area contributed by atoms with Gasteiger partial charge < -0.3 is 10.2 Å². The van der Waals surface area contributed by atoms with Crippen molar-refractivity contribution < 1.29 is 9.59 Å². The number of amides is 2. The van der Waals surface area contributed by atoms with Crippen molar-refractivity contribution in [2.24, 2.45) is 0 Å². The largest absolute Gasteiger partial charge is 0.330 e. The van der Waals surface area contributed by atoms with Gasteiger partial charge in [-0.15, -0.1) is 0 Å². The lowest BCUT2D eigenvalue weighted by molar-refractivity contribution is -0.146. The van der Waals surface area contributed by atoms with Crippen molar-refractivity contribution >= 4 is 17.5 Å². The van der Waals surface area contributed by atoms with Crippen LogP contribution in [0.1, 0.15) is 52.7 Å². The van der Waals surface area contributed by atoms with Crippen molar-refractivity contribution in [3.8, 4) is 0 Å². The molecule has 0 spiro atoms. The van der Waals surface area contributed by atoms with Crippen molar-refractivity contribution in [1.82, 2.24) is 4.90 Å². The van der Waals surface area contributed by atoms with Crippen LogP contribution in [0, 0.1) is 0 Å². The quantitative estimate of drug-likeness (QED) is 0.867. The van der Waals surface area contributed by atoms with E-state index >= 15 is 0 Å². The predicted molar refractivity (Wildman–Crippen MR) is 91.0 cm³/mol. The molecule has 0 saturated heterocycles. The Balaban J connectivity index is 3.05. The monoisotopic (exact) mass is 304 g/mol. The molecule has 0 heterocycles. The second kappa shape index (κ2) is 7.43. The van der Waals surface area contributed by atoms with Gasteiger partial charge in [0.15, 0.2) is 0 Å². The lowest BCUT2D eigenvalue weighted by atomic mass is 10.0. The highest BCUT2D eigenvalue weighted by molar-refractivity contribution is 6.39. The fourth-order valence-corrected chi connectivity index (χ4v) is 2.62. The van der Waals surface area contributed by atoms with E-state index < -0.39 is 11.8 Å². The van der Waals surface area contributed by atoms with Crippen molar-refractivity contribution in [2.45, 2.75) is 59.9 Å². The van der Waals surface area contributed by atoms with Gasteiger partial charge in [0.25, 0.3) is 0 Å². The van der Waals surface area contributed by atoms with Gasteiger partial charge in [-0.3, -0.25) is 9.59 Å². The first-order chi connectivity index (χ1) is 10.3. The molecule has 0 aliphatic carbocycles. The highest BCUT2D eigenvalue weighted by Crippen LogP contribution is 2.23. The molecule has 1 aromatic carbocycles. The third kappa shape index (κ3) is 4.09. The zero-order valence-corrected chi connectivity index (χ0v) is 14.6. The van der Waals surface area contributed by atoms with Crippen LogP contribution in [-0.2, 0) is 22.4 Å². The number of benzene rings is 1. The van der Waals surface area contributed by atoms with Gasteiger partial charge in [-0.1, -0.05) is 32.0 Å². The van der Waals surface area contributed by atoms with E-state index in [9.17, 15) is 9.59 Å².